The van der Waals surface area contributed by atoms with Crippen LogP contribution in [0.3, 0.4) is 0 Å². The molecule has 156 valence electrons. The summed E-state index contributed by atoms with van der Waals surface area (Å²) >= 11 is 0. The Morgan fingerprint density at radius 2 is 1.90 bits per heavy atom. The van der Waals surface area contributed by atoms with Gasteiger partial charge in [0.1, 0.15) is 6.33 Å². The van der Waals surface area contributed by atoms with Gasteiger partial charge < -0.3 is 10.2 Å². The summed E-state index contributed by atoms with van der Waals surface area (Å²) in [5.74, 6) is 1.17. The van der Waals surface area contributed by atoms with Gasteiger partial charge in [0, 0.05) is 37.4 Å². The first kappa shape index (κ1) is 19.2. The lowest BCUT2D eigenvalue weighted by Crippen LogP contribution is -2.26. The number of amides is 1. The Bertz CT molecular complexity index is 1010. The molecule has 1 aromatic carbocycles. The Labute approximate surface area is 177 Å². The molecule has 2 fully saturated rings. The fourth-order valence-electron chi connectivity index (χ4n) is 5.07. The first-order chi connectivity index (χ1) is 14.8. The van der Waals surface area contributed by atoms with Crippen LogP contribution in [0.1, 0.15) is 59.8 Å². The topological polar surface area (TPSA) is 62.5 Å². The molecule has 5 rings (SSSR count). The van der Waals surface area contributed by atoms with E-state index in [-0.39, 0.29) is 5.91 Å². The van der Waals surface area contributed by atoms with Crippen molar-refractivity contribution in [2.45, 2.75) is 44.6 Å². The van der Waals surface area contributed by atoms with Gasteiger partial charge in [0.15, 0.2) is 11.3 Å². The van der Waals surface area contributed by atoms with E-state index in [1.165, 1.54) is 37.9 Å². The van der Waals surface area contributed by atoms with Crippen LogP contribution in [0.2, 0.25) is 0 Å². The third-order valence-corrected chi connectivity index (χ3v) is 6.66. The zero-order valence-electron chi connectivity index (χ0n) is 17.3. The number of hydrogen-bond donors (Lipinski definition) is 1. The van der Waals surface area contributed by atoms with Crippen LogP contribution in [0.4, 0.5) is 0 Å². The molecule has 1 atom stereocenters. The second-order valence-corrected chi connectivity index (χ2v) is 8.72. The van der Waals surface area contributed by atoms with Gasteiger partial charge in [-0.05, 0) is 43.4 Å². The van der Waals surface area contributed by atoms with Gasteiger partial charge >= 0.3 is 0 Å². The Balaban J connectivity index is 1.29. The van der Waals surface area contributed by atoms with Gasteiger partial charge in [0.2, 0.25) is 0 Å². The number of carbonyl (C=O) groups excluding carboxylic acids is 1. The fraction of sp³-hybridized carbons (Fsp3) is 0.458. The summed E-state index contributed by atoms with van der Waals surface area (Å²) in [6.07, 6.45) is 10.3. The number of imidazole rings is 1. The Morgan fingerprint density at radius 1 is 1.07 bits per heavy atom. The highest BCUT2D eigenvalue weighted by Crippen LogP contribution is 2.31. The molecule has 0 spiro atoms. The lowest BCUT2D eigenvalue weighted by Gasteiger charge is -2.20. The molecule has 1 N–H and O–H groups in total. The van der Waals surface area contributed by atoms with Crippen molar-refractivity contribution in [3.8, 4) is 0 Å². The molecular weight excluding hydrogens is 374 g/mol. The van der Waals surface area contributed by atoms with E-state index in [1.807, 2.05) is 40.9 Å². The molecule has 0 bridgehead atoms. The highest BCUT2D eigenvalue weighted by molar-refractivity contribution is 5.97. The summed E-state index contributed by atoms with van der Waals surface area (Å²) in [5.41, 5.74) is 3.32. The van der Waals surface area contributed by atoms with E-state index in [0.717, 1.165) is 31.0 Å². The van der Waals surface area contributed by atoms with Gasteiger partial charge in [0.25, 0.3) is 5.91 Å². The minimum atomic E-state index is -0.180. The number of rotatable bonds is 6. The monoisotopic (exact) mass is 403 g/mol. The van der Waals surface area contributed by atoms with E-state index in [2.05, 4.69) is 26.3 Å². The number of aromatic nitrogens is 3. The van der Waals surface area contributed by atoms with Gasteiger partial charge in [0.05, 0.1) is 0 Å². The maximum absolute atomic E-state index is 12.7. The van der Waals surface area contributed by atoms with Gasteiger partial charge in [-0.3, -0.25) is 9.20 Å². The van der Waals surface area contributed by atoms with Crippen LogP contribution >= 0.6 is 0 Å². The van der Waals surface area contributed by atoms with Crippen molar-refractivity contribution >= 4 is 11.6 Å². The predicted octanol–water partition coefficient (Wildman–Crippen LogP) is 3.64. The summed E-state index contributed by atoms with van der Waals surface area (Å²) in [5, 5.41) is 2.97. The quantitative estimate of drug-likeness (QED) is 0.683. The molecule has 3 heterocycles. The van der Waals surface area contributed by atoms with Gasteiger partial charge in [-0.25, -0.2) is 9.97 Å². The van der Waals surface area contributed by atoms with Crippen molar-refractivity contribution < 1.29 is 4.79 Å². The van der Waals surface area contributed by atoms with Crippen LogP contribution in [0.25, 0.3) is 5.65 Å². The number of nitrogens with zero attached hydrogens (tertiary/aromatic N) is 4. The molecular formula is C24H29N5O. The number of hydrogen-bond acceptors (Lipinski definition) is 4. The standard InChI is InChI=1S/C24H29N5O/c30-24(26-14-18-6-2-1-3-7-18)22-23-25-12-10-21(29(23)17-27-22)20-11-13-28(16-20)15-19-8-4-5-9-19/h1-3,6-7,10,12,17,19-20H,4-5,8-9,11,13-16H2,(H,26,30)/t20-/m0/s1. The van der Waals surface area contributed by atoms with E-state index < -0.39 is 0 Å². The molecule has 1 aliphatic heterocycles. The highest BCUT2D eigenvalue weighted by atomic mass is 16.1. The van der Waals surface area contributed by atoms with Gasteiger partial charge in [-0.1, -0.05) is 43.2 Å². The minimum Gasteiger partial charge on any atom is -0.347 e. The molecule has 1 saturated heterocycles. The second kappa shape index (κ2) is 8.56. The van der Waals surface area contributed by atoms with Gasteiger partial charge in [-0.2, -0.15) is 0 Å². The molecule has 0 radical (unpaired) electrons. The molecule has 1 amide bonds. The summed E-state index contributed by atoms with van der Waals surface area (Å²) in [4.78, 5) is 24.3. The Hall–Kier alpha value is -2.73. The van der Waals surface area contributed by atoms with Crippen molar-refractivity contribution in [2.24, 2.45) is 5.92 Å². The van der Waals surface area contributed by atoms with Crippen LogP contribution in [0, 0.1) is 5.92 Å². The zero-order chi connectivity index (χ0) is 20.3. The summed E-state index contributed by atoms with van der Waals surface area (Å²) in [6, 6.07) is 12.0. The molecule has 1 saturated carbocycles. The Kier molecular flexibility index (Phi) is 5.49. The minimum absolute atomic E-state index is 0.180. The van der Waals surface area contributed by atoms with Crippen LogP contribution in [-0.2, 0) is 6.54 Å². The van der Waals surface area contributed by atoms with Crippen molar-refractivity contribution in [3.05, 3.63) is 65.9 Å². The number of fused-ring (bicyclic) bond motifs is 1. The smallest absolute Gasteiger partial charge is 0.274 e. The van der Waals surface area contributed by atoms with E-state index in [0.29, 0.717) is 23.8 Å². The third-order valence-electron chi connectivity index (χ3n) is 6.66. The molecule has 2 aliphatic rings. The van der Waals surface area contributed by atoms with E-state index in [1.54, 1.807) is 6.33 Å². The Morgan fingerprint density at radius 3 is 2.73 bits per heavy atom. The zero-order valence-corrected chi connectivity index (χ0v) is 17.3. The molecule has 2 aromatic heterocycles. The maximum atomic E-state index is 12.7. The normalized spacial score (nSPS) is 20.2. The van der Waals surface area contributed by atoms with Crippen molar-refractivity contribution in [1.82, 2.24) is 24.6 Å². The molecule has 3 aromatic rings. The van der Waals surface area contributed by atoms with Crippen molar-refractivity contribution in [2.75, 3.05) is 19.6 Å². The van der Waals surface area contributed by atoms with Gasteiger partial charge in [-0.15, -0.1) is 0 Å². The van der Waals surface area contributed by atoms with E-state index in [4.69, 9.17) is 0 Å². The van der Waals surface area contributed by atoms with Crippen LogP contribution < -0.4 is 5.32 Å². The van der Waals surface area contributed by atoms with Crippen molar-refractivity contribution in [3.63, 3.8) is 0 Å². The molecule has 6 nitrogen and oxygen atoms in total. The third kappa shape index (κ3) is 3.97. The molecule has 6 heteroatoms. The predicted molar refractivity (Wildman–Crippen MR) is 116 cm³/mol. The summed E-state index contributed by atoms with van der Waals surface area (Å²) in [7, 11) is 0. The average Bonchev–Trinajstić information content (AvgIpc) is 3.54. The lowest BCUT2D eigenvalue weighted by atomic mass is 10.0. The first-order valence-corrected chi connectivity index (χ1v) is 11.1. The average molecular weight is 404 g/mol. The summed E-state index contributed by atoms with van der Waals surface area (Å²) in [6.45, 7) is 3.96. The van der Waals surface area contributed by atoms with Crippen LogP contribution in [0.5, 0.6) is 0 Å². The van der Waals surface area contributed by atoms with E-state index in [9.17, 15) is 4.79 Å². The number of likely N-dealkylation sites (tertiary alicyclic amines) is 1. The molecule has 30 heavy (non-hydrogen) atoms. The van der Waals surface area contributed by atoms with E-state index >= 15 is 0 Å². The molecule has 0 unspecified atom stereocenters. The number of benzene rings is 1. The largest absolute Gasteiger partial charge is 0.347 e. The van der Waals surface area contributed by atoms with Crippen LogP contribution in [-0.4, -0.2) is 44.8 Å². The summed E-state index contributed by atoms with van der Waals surface area (Å²) < 4.78 is 2.02. The fourth-order valence-corrected chi connectivity index (χ4v) is 5.07. The second-order valence-electron chi connectivity index (χ2n) is 8.72. The van der Waals surface area contributed by atoms with Crippen LogP contribution in [0.15, 0.2) is 48.9 Å². The number of carbonyl (C=O) groups is 1. The SMILES string of the molecule is O=C(NCc1ccccc1)c1ncn2c([C@H]3CCN(CC4CCCC4)C3)ccnc12. The molecule has 1 aliphatic carbocycles. The highest BCUT2D eigenvalue weighted by Gasteiger charge is 2.29. The number of nitrogens with one attached hydrogen (secondary N) is 1. The van der Waals surface area contributed by atoms with Crippen molar-refractivity contribution in [1.29, 1.82) is 0 Å². The maximum Gasteiger partial charge on any atom is 0.274 e. The first-order valence-electron chi connectivity index (χ1n) is 11.1. The lowest BCUT2D eigenvalue weighted by molar-refractivity contribution is 0.0948.